The van der Waals surface area contributed by atoms with Crippen LogP contribution >= 0.6 is 0 Å². The van der Waals surface area contributed by atoms with Crippen molar-refractivity contribution in [3.8, 4) is 0 Å². The van der Waals surface area contributed by atoms with Crippen molar-refractivity contribution < 1.29 is 9.90 Å². The summed E-state index contributed by atoms with van der Waals surface area (Å²) in [6, 6.07) is 17.2. The van der Waals surface area contributed by atoms with Gasteiger partial charge in [0.15, 0.2) is 0 Å². The smallest absolute Gasteiger partial charge is 0.317 e. The Morgan fingerprint density at radius 3 is 2.12 bits per heavy atom. The van der Waals surface area contributed by atoms with Crippen LogP contribution in [0.5, 0.6) is 0 Å². The highest BCUT2D eigenvalue weighted by atomic mass is 16.4. The summed E-state index contributed by atoms with van der Waals surface area (Å²) in [4.78, 5) is 12.6. The number of aryl methyl sites for hydroxylation is 2. The average molecular weight is 321 g/mol. The van der Waals surface area contributed by atoms with Gasteiger partial charge < -0.3 is 5.11 Å². The standard InChI is InChI=1S/C21H23NO2/c1-22(15-21(23)24)14-6-11-20-18-9-4-2-7-16(18)12-13-17-8-3-5-10-19(17)20/h2-5,7-11H,6,12-15H2,1H3,(H,23,24). The number of carboxylic acid groups (broad SMARTS) is 1. The second kappa shape index (κ2) is 7.45. The van der Waals surface area contributed by atoms with Gasteiger partial charge in [0.25, 0.3) is 0 Å². The van der Waals surface area contributed by atoms with E-state index in [9.17, 15) is 4.79 Å². The Hall–Kier alpha value is -2.39. The molecule has 0 spiro atoms. The summed E-state index contributed by atoms with van der Waals surface area (Å²) in [6.45, 7) is 0.816. The quantitative estimate of drug-likeness (QED) is 0.914. The predicted molar refractivity (Wildman–Crippen MR) is 97.1 cm³/mol. The zero-order valence-electron chi connectivity index (χ0n) is 14.0. The number of hydrogen-bond acceptors (Lipinski definition) is 2. The number of fused-ring (bicyclic) bond motifs is 2. The van der Waals surface area contributed by atoms with E-state index in [2.05, 4.69) is 54.6 Å². The largest absolute Gasteiger partial charge is 0.480 e. The van der Waals surface area contributed by atoms with Crippen molar-refractivity contribution in [2.75, 3.05) is 20.1 Å². The van der Waals surface area contributed by atoms with Gasteiger partial charge in [0.2, 0.25) is 0 Å². The first-order valence-corrected chi connectivity index (χ1v) is 8.42. The van der Waals surface area contributed by atoms with E-state index in [1.165, 1.54) is 27.8 Å². The summed E-state index contributed by atoms with van der Waals surface area (Å²) in [7, 11) is 1.85. The molecular formula is C21H23NO2. The molecule has 0 heterocycles. The van der Waals surface area contributed by atoms with E-state index in [0.717, 1.165) is 25.8 Å². The number of nitrogens with zero attached hydrogens (tertiary/aromatic N) is 1. The first-order valence-electron chi connectivity index (χ1n) is 8.42. The Kier molecular flexibility index (Phi) is 5.11. The lowest BCUT2D eigenvalue weighted by atomic mass is 9.93. The number of benzene rings is 2. The van der Waals surface area contributed by atoms with Crippen LogP contribution < -0.4 is 0 Å². The molecule has 0 saturated carbocycles. The van der Waals surface area contributed by atoms with Crippen LogP contribution in [0.25, 0.3) is 5.57 Å². The first-order chi connectivity index (χ1) is 11.6. The molecule has 0 fully saturated rings. The van der Waals surface area contributed by atoms with Crippen LogP contribution in [0.1, 0.15) is 28.7 Å². The third kappa shape index (κ3) is 3.74. The van der Waals surface area contributed by atoms with E-state index in [1.807, 2.05) is 11.9 Å². The summed E-state index contributed by atoms with van der Waals surface area (Å²) >= 11 is 0. The van der Waals surface area contributed by atoms with Crippen molar-refractivity contribution in [3.63, 3.8) is 0 Å². The minimum absolute atomic E-state index is 0.0797. The molecule has 0 unspecified atom stereocenters. The van der Waals surface area contributed by atoms with Crippen molar-refractivity contribution in [2.24, 2.45) is 0 Å². The van der Waals surface area contributed by atoms with Gasteiger partial charge in [0, 0.05) is 6.54 Å². The summed E-state index contributed by atoms with van der Waals surface area (Å²) in [5.74, 6) is -0.782. The zero-order chi connectivity index (χ0) is 16.9. The minimum atomic E-state index is -0.782. The minimum Gasteiger partial charge on any atom is -0.480 e. The van der Waals surface area contributed by atoms with Crippen LogP contribution in [-0.2, 0) is 17.6 Å². The van der Waals surface area contributed by atoms with Gasteiger partial charge in [-0.05, 0) is 54.1 Å². The lowest BCUT2D eigenvalue weighted by Crippen LogP contribution is -2.26. The molecule has 3 nitrogen and oxygen atoms in total. The van der Waals surface area contributed by atoms with E-state index in [0.29, 0.717) is 0 Å². The second-order valence-electron chi connectivity index (χ2n) is 6.35. The van der Waals surface area contributed by atoms with Gasteiger partial charge in [-0.15, -0.1) is 0 Å². The molecule has 0 bridgehead atoms. The van der Waals surface area contributed by atoms with Gasteiger partial charge >= 0.3 is 5.97 Å². The molecule has 0 radical (unpaired) electrons. The fourth-order valence-corrected chi connectivity index (χ4v) is 3.38. The molecule has 1 aliphatic carbocycles. The Morgan fingerprint density at radius 1 is 1.04 bits per heavy atom. The van der Waals surface area contributed by atoms with E-state index in [1.54, 1.807) is 0 Å². The number of aliphatic carboxylic acids is 1. The molecule has 0 saturated heterocycles. The van der Waals surface area contributed by atoms with Gasteiger partial charge in [-0.3, -0.25) is 9.69 Å². The molecule has 0 aliphatic heterocycles. The molecule has 0 atom stereocenters. The summed E-state index contributed by atoms with van der Waals surface area (Å²) < 4.78 is 0. The van der Waals surface area contributed by atoms with Gasteiger partial charge in [-0.2, -0.15) is 0 Å². The molecule has 3 heteroatoms. The summed E-state index contributed by atoms with van der Waals surface area (Å²) in [6.07, 6.45) is 5.22. The predicted octanol–water partition coefficient (Wildman–Crippen LogP) is 3.62. The average Bonchev–Trinajstić information content (AvgIpc) is 2.72. The highest BCUT2D eigenvalue weighted by Crippen LogP contribution is 2.33. The molecular weight excluding hydrogens is 298 g/mol. The number of carbonyl (C=O) groups is 1. The molecule has 2 aromatic rings. The Balaban J connectivity index is 1.90. The molecule has 124 valence electrons. The maximum Gasteiger partial charge on any atom is 0.317 e. The van der Waals surface area contributed by atoms with Crippen LogP contribution in [0, 0.1) is 0 Å². The lowest BCUT2D eigenvalue weighted by molar-refractivity contribution is -0.137. The molecule has 24 heavy (non-hydrogen) atoms. The first kappa shape index (κ1) is 16.5. The van der Waals surface area contributed by atoms with Crippen molar-refractivity contribution >= 4 is 11.5 Å². The van der Waals surface area contributed by atoms with E-state index in [-0.39, 0.29) is 6.54 Å². The Labute approximate surface area is 143 Å². The number of likely N-dealkylation sites (N-methyl/N-ethyl adjacent to an activating group) is 1. The molecule has 1 N–H and O–H groups in total. The second-order valence-corrected chi connectivity index (χ2v) is 6.35. The monoisotopic (exact) mass is 321 g/mol. The third-order valence-corrected chi connectivity index (χ3v) is 4.54. The van der Waals surface area contributed by atoms with Gasteiger partial charge in [0.05, 0.1) is 6.54 Å². The fourth-order valence-electron chi connectivity index (χ4n) is 3.38. The molecule has 0 aromatic heterocycles. The van der Waals surface area contributed by atoms with Gasteiger partial charge in [0.1, 0.15) is 0 Å². The summed E-state index contributed by atoms with van der Waals surface area (Å²) in [5, 5.41) is 8.87. The van der Waals surface area contributed by atoms with E-state index >= 15 is 0 Å². The third-order valence-electron chi connectivity index (χ3n) is 4.54. The van der Waals surface area contributed by atoms with Crippen LogP contribution in [0.2, 0.25) is 0 Å². The van der Waals surface area contributed by atoms with E-state index in [4.69, 9.17) is 5.11 Å². The topological polar surface area (TPSA) is 40.5 Å². The Bertz CT molecular complexity index is 714. The highest BCUT2D eigenvalue weighted by molar-refractivity contribution is 5.83. The summed E-state index contributed by atoms with van der Waals surface area (Å²) in [5.41, 5.74) is 6.67. The molecule has 3 rings (SSSR count). The van der Waals surface area contributed by atoms with Gasteiger partial charge in [-0.1, -0.05) is 54.6 Å². The van der Waals surface area contributed by atoms with Crippen molar-refractivity contribution in [1.29, 1.82) is 0 Å². The van der Waals surface area contributed by atoms with Crippen molar-refractivity contribution in [3.05, 3.63) is 76.9 Å². The fraction of sp³-hybridized carbons (Fsp3) is 0.286. The van der Waals surface area contributed by atoms with E-state index < -0.39 is 5.97 Å². The maximum atomic E-state index is 10.8. The number of rotatable bonds is 5. The Morgan fingerprint density at radius 2 is 1.58 bits per heavy atom. The van der Waals surface area contributed by atoms with Crippen LogP contribution in [0.15, 0.2) is 54.6 Å². The van der Waals surface area contributed by atoms with Crippen LogP contribution in [0.4, 0.5) is 0 Å². The number of hydrogen-bond donors (Lipinski definition) is 1. The van der Waals surface area contributed by atoms with Crippen LogP contribution in [-0.4, -0.2) is 36.1 Å². The number of carboxylic acids is 1. The molecule has 1 aliphatic rings. The van der Waals surface area contributed by atoms with Gasteiger partial charge in [-0.25, -0.2) is 0 Å². The van der Waals surface area contributed by atoms with Crippen molar-refractivity contribution in [1.82, 2.24) is 4.90 Å². The molecule has 0 amide bonds. The lowest BCUT2D eigenvalue weighted by Gasteiger charge is -2.15. The van der Waals surface area contributed by atoms with Crippen LogP contribution in [0.3, 0.4) is 0 Å². The van der Waals surface area contributed by atoms with Crippen molar-refractivity contribution in [2.45, 2.75) is 19.3 Å². The highest BCUT2D eigenvalue weighted by Gasteiger charge is 2.17. The normalized spacial score (nSPS) is 13.2. The zero-order valence-corrected chi connectivity index (χ0v) is 14.0. The SMILES string of the molecule is CN(CCC=C1c2ccccc2CCc2ccccc21)CC(=O)O. The molecule has 2 aromatic carbocycles. The maximum absolute atomic E-state index is 10.8.